The fraction of sp³-hybridized carbons (Fsp3) is 0.533. The highest BCUT2D eigenvalue weighted by Gasteiger charge is 2.34. The zero-order valence-corrected chi connectivity index (χ0v) is 14.9. The van der Waals surface area contributed by atoms with Crippen LogP contribution < -0.4 is 5.32 Å². The summed E-state index contributed by atoms with van der Waals surface area (Å²) >= 11 is 6.07. The number of hydrogen-bond donors (Lipinski definition) is 1. The average Bonchev–Trinajstić information content (AvgIpc) is 2.87. The first-order valence-corrected chi connectivity index (χ1v) is 9.24. The number of sulfonamides is 1. The summed E-state index contributed by atoms with van der Waals surface area (Å²) in [6, 6.07) is 4.85. The third-order valence-electron chi connectivity index (χ3n) is 3.86. The standard InChI is InChI=1S/C15H21ClN2O4S/c1-10-4-5-13(16)12(6-10)15(19)17-14-8-22-7-11(14)9-23(20,21)18(2)3/h4-6,11,14H,7-9H2,1-3H3,(H,17,19)/t11-,14-/m0/s1. The quantitative estimate of drug-likeness (QED) is 0.858. The molecular weight excluding hydrogens is 340 g/mol. The summed E-state index contributed by atoms with van der Waals surface area (Å²) in [5.74, 6) is -0.664. The Morgan fingerprint density at radius 3 is 2.74 bits per heavy atom. The number of aryl methyl sites for hydroxylation is 1. The number of halogens is 1. The van der Waals surface area contributed by atoms with Crippen molar-refractivity contribution in [1.82, 2.24) is 9.62 Å². The Labute approximate surface area is 141 Å². The van der Waals surface area contributed by atoms with Crippen molar-refractivity contribution in [2.75, 3.05) is 33.1 Å². The second-order valence-corrected chi connectivity index (χ2v) is 8.56. The monoisotopic (exact) mass is 360 g/mol. The minimum Gasteiger partial charge on any atom is -0.379 e. The van der Waals surface area contributed by atoms with Crippen molar-refractivity contribution < 1.29 is 17.9 Å². The molecule has 1 aliphatic rings. The third-order valence-corrected chi connectivity index (χ3v) is 6.15. The first kappa shape index (κ1) is 18.2. The highest BCUT2D eigenvalue weighted by atomic mass is 35.5. The van der Waals surface area contributed by atoms with Crippen molar-refractivity contribution in [3.8, 4) is 0 Å². The van der Waals surface area contributed by atoms with Gasteiger partial charge >= 0.3 is 0 Å². The van der Waals surface area contributed by atoms with Crippen LogP contribution in [0.1, 0.15) is 15.9 Å². The predicted octanol–water partition coefficient (Wildman–Crippen LogP) is 1.28. The van der Waals surface area contributed by atoms with Crippen LogP contribution in [0.4, 0.5) is 0 Å². The fourth-order valence-electron chi connectivity index (χ4n) is 2.40. The number of hydrogen-bond acceptors (Lipinski definition) is 4. The van der Waals surface area contributed by atoms with Crippen molar-refractivity contribution in [2.24, 2.45) is 5.92 Å². The fourth-order valence-corrected chi connectivity index (χ4v) is 3.77. The van der Waals surface area contributed by atoms with Crippen molar-refractivity contribution in [3.05, 3.63) is 34.3 Å². The van der Waals surface area contributed by atoms with Gasteiger partial charge < -0.3 is 10.1 Å². The largest absolute Gasteiger partial charge is 0.379 e. The first-order chi connectivity index (χ1) is 10.7. The number of nitrogens with one attached hydrogen (secondary N) is 1. The molecular formula is C15H21ClN2O4S. The van der Waals surface area contributed by atoms with Gasteiger partial charge in [-0.15, -0.1) is 0 Å². The van der Waals surface area contributed by atoms with E-state index >= 15 is 0 Å². The van der Waals surface area contributed by atoms with Gasteiger partial charge in [-0.25, -0.2) is 12.7 Å². The Kier molecular flexibility index (Phi) is 5.67. The summed E-state index contributed by atoms with van der Waals surface area (Å²) in [5.41, 5.74) is 1.31. The van der Waals surface area contributed by atoms with Gasteiger partial charge in [0.05, 0.1) is 35.6 Å². The molecule has 0 aliphatic carbocycles. The topological polar surface area (TPSA) is 75.7 Å². The van der Waals surface area contributed by atoms with Crippen molar-refractivity contribution >= 4 is 27.5 Å². The zero-order valence-electron chi connectivity index (χ0n) is 13.4. The van der Waals surface area contributed by atoms with Gasteiger partial charge in [-0.3, -0.25) is 4.79 Å². The maximum absolute atomic E-state index is 12.4. The molecule has 1 heterocycles. The molecule has 0 bridgehead atoms. The molecule has 23 heavy (non-hydrogen) atoms. The van der Waals surface area contributed by atoms with Gasteiger partial charge in [0.25, 0.3) is 5.91 Å². The molecule has 1 aliphatic heterocycles. The van der Waals surface area contributed by atoms with Crippen LogP contribution in [0.25, 0.3) is 0 Å². The number of carbonyl (C=O) groups excluding carboxylic acids is 1. The smallest absolute Gasteiger partial charge is 0.253 e. The molecule has 0 spiro atoms. The molecule has 0 saturated carbocycles. The summed E-state index contributed by atoms with van der Waals surface area (Å²) in [5, 5.41) is 3.21. The summed E-state index contributed by atoms with van der Waals surface area (Å²) in [6.45, 7) is 2.47. The van der Waals surface area contributed by atoms with E-state index in [1.165, 1.54) is 18.4 Å². The normalized spacial score (nSPS) is 21.6. The third kappa shape index (κ3) is 4.44. The van der Waals surface area contributed by atoms with Gasteiger partial charge in [0.2, 0.25) is 10.0 Å². The number of ether oxygens (including phenoxy) is 1. The van der Waals surface area contributed by atoms with Crippen molar-refractivity contribution in [1.29, 1.82) is 0 Å². The Morgan fingerprint density at radius 2 is 2.09 bits per heavy atom. The van der Waals surface area contributed by atoms with E-state index < -0.39 is 10.0 Å². The maximum Gasteiger partial charge on any atom is 0.253 e. The van der Waals surface area contributed by atoms with Gasteiger partial charge in [0.1, 0.15) is 0 Å². The van der Waals surface area contributed by atoms with Gasteiger partial charge in [0.15, 0.2) is 0 Å². The lowest BCUT2D eigenvalue weighted by molar-refractivity contribution is 0.0926. The zero-order chi connectivity index (χ0) is 17.2. The second-order valence-electron chi connectivity index (χ2n) is 5.92. The Morgan fingerprint density at radius 1 is 1.39 bits per heavy atom. The second kappa shape index (κ2) is 7.17. The van der Waals surface area contributed by atoms with Gasteiger partial charge in [0, 0.05) is 20.0 Å². The summed E-state index contributed by atoms with van der Waals surface area (Å²) in [6.07, 6.45) is 0. The van der Waals surface area contributed by atoms with Crippen LogP contribution in [0.5, 0.6) is 0 Å². The molecule has 8 heteroatoms. The molecule has 1 aromatic carbocycles. The maximum atomic E-state index is 12.4. The van der Waals surface area contributed by atoms with E-state index in [1.807, 2.05) is 13.0 Å². The van der Waals surface area contributed by atoms with Crippen LogP contribution in [-0.2, 0) is 14.8 Å². The van der Waals surface area contributed by atoms with Crippen molar-refractivity contribution in [2.45, 2.75) is 13.0 Å². The van der Waals surface area contributed by atoms with E-state index in [-0.39, 0.29) is 23.6 Å². The molecule has 2 atom stereocenters. The highest BCUT2D eigenvalue weighted by molar-refractivity contribution is 7.89. The average molecular weight is 361 g/mol. The van der Waals surface area contributed by atoms with Gasteiger partial charge in [-0.2, -0.15) is 0 Å². The van der Waals surface area contributed by atoms with Crippen molar-refractivity contribution in [3.63, 3.8) is 0 Å². The molecule has 1 N–H and O–H groups in total. The summed E-state index contributed by atoms with van der Waals surface area (Å²) in [7, 11) is -0.371. The molecule has 2 rings (SSSR count). The molecule has 0 unspecified atom stereocenters. The molecule has 0 radical (unpaired) electrons. The number of carbonyl (C=O) groups is 1. The van der Waals surface area contributed by atoms with E-state index in [4.69, 9.17) is 16.3 Å². The van der Waals surface area contributed by atoms with Crippen LogP contribution in [0.3, 0.4) is 0 Å². The van der Waals surface area contributed by atoms with Crippen LogP contribution >= 0.6 is 11.6 Å². The minimum absolute atomic E-state index is 0.0630. The molecule has 1 amide bonds. The van der Waals surface area contributed by atoms with Gasteiger partial charge in [-0.05, 0) is 19.1 Å². The molecule has 128 valence electrons. The Balaban J connectivity index is 2.09. The number of amides is 1. The molecule has 6 nitrogen and oxygen atoms in total. The van der Waals surface area contributed by atoms with Gasteiger partial charge in [-0.1, -0.05) is 23.2 Å². The summed E-state index contributed by atoms with van der Waals surface area (Å²) < 4.78 is 30.6. The number of rotatable bonds is 5. The van der Waals surface area contributed by atoms with E-state index in [1.54, 1.807) is 12.1 Å². The van der Waals surface area contributed by atoms with Crippen LogP contribution in [-0.4, -0.2) is 57.7 Å². The van der Waals surface area contributed by atoms with Crippen LogP contribution in [0.2, 0.25) is 5.02 Å². The molecule has 1 aromatic rings. The lowest BCUT2D eigenvalue weighted by atomic mass is 10.1. The highest BCUT2D eigenvalue weighted by Crippen LogP contribution is 2.20. The first-order valence-electron chi connectivity index (χ1n) is 7.25. The lowest BCUT2D eigenvalue weighted by Crippen LogP contribution is -2.43. The van der Waals surface area contributed by atoms with E-state index in [0.29, 0.717) is 23.8 Å². The Bertz CT molecular complexity index is 691. The van der Waals surface area contributed by atoms with E-state index in [0.717, 1.165) is 5.56 Å². The Hall–Kier alpha value is -1.15. The minimum atomic E-state index is -3.35. The van der Waals surface area contributed by atoms with Crippen LogP contribution in [0.15, 0.2) is 18.2 Å². The molecule has 1 saturated heterocycles. The molecule has 0 aromatic heterocycles. The van der Waals surface area contributed by atoms with E-state index in [2.05, 4.69) is 5.32 Å². The SMILES string of the molecule is Cc1ccc(Cl)c(C(=O)N[C@H]2COC[C@H]2CS(=O)(=O)N(C)C)c1. The van der Waals surface area contributed by atoms with E-state index in [9.17, 15) is 13.2 Å². The predicted molar refractivity (Wildman–Crippen MR) is 89.2 cm³/mol. The molecule has 1 fully saturated rings. The van der Waals surface area contributed by atoms with Crippen LogP contribution in [0, 0.1) is 12.8 Å². The summed E-state index contributed by atoms with van der Waals surface area (Å²) in [4.78, 5) is 12.4. The number of benzene rings is 1. The number of nitrogens with zero attached hydrogens (tertiary/aromatic N) is 1. The lowest BCUT2D eigenvalue weighted by Gasteiger charge is -2.21.